The molecule has 0 aromatic carbocycles. The maximum absolute atomic E-state index is 11.1. The molecule has 0 aliphatic carbocycles. The van der Waals surface area contributed by atoms with E-state index in [4.69, 9.17) is 5.26 Å². The van der Waals surface area contributed by atoms with E-state index in [0.717, 1.165) is 0 Å². The third kappa shape index (κ3) is 2.23. The van der Waals surface area contributed by atoms with Crippen molar-refractivity contribution >= 4 is 10.1 Å². The van der Waals surface area contributed by atoms with E-state index in [2.05, 4.69) is 9.28 Å². The van der Waals surface area contributed by atoms with Gasteiger partial charge in [-0.05, 0) is 6.92 Å². The largest absolute Gasteiger partial charge is 0.362 e. The van der Waals surface area contributed by atoms with Crippen LogP contribution >= 0.6 is 0 Å². The standard InChI is InChI=1S/C7H9N3O3S/c1-3-14(11,12)13-7-4-6(5-8)9-10(7)2/h4H,3H2,1-2H3. The van der Waals surface area contributed by atoms with Gasteiger partial charge in [0.15, 0.2) is 5.69 Å². The van der Waals surface area contributed by atoms with Crippen molar-refractivity contribution in [1.29, 1.82) is 5.26 Å². The number of hydrogen-bond donors (Lipinski definition) is 0. The normalized spacial score (nSPS) is 10.9. The molecule has 1 aromatic heterocycles. The molecule has 0 spiro atoms. The summed E-state index contributed by atoms with van der Waals surface area (Å²) >= 11 is 0. The zero-order chi connectivity index (χ0) is 10.8. The number of nitrogens with zero attached hydrogens (tertiary/aromatic N) is 3. The van der Waals surface area contributed by atoms with Gasteiger partial charge in [0.25, 0.3) is 0 Å². The highest BCUT2D eigenvalue weighted by Gasteiger charge is 2.13. The highest BCUT2D eigenvalue weighted by molar-refractivity contribution is 7.87. The van der Waals surface area contributed by atoms with Crippen LogP contribution in [0.3, 0.4) is 0 Å². The molecule has 1 heterocycles. The van der Waals surface area contributed by atoms with Gasteiger partial charge in [0, 0.05) is 13.1 Å². The molecule has 0 radical (unpaired) electrons. The lowest BCUT2D eigenvalue weighted by Crippen LogP contribution is -2.13. The van der Waals surface area contributed by atoms with E-state index in [1.165, 1.54) is 24.7 Å². The number of rotatable bonds is 3. The van der Waals surface area contributed by atoms with E-state index in [9.17, 15) is 8.42 Å². The van der Waals surface area contributed by atoms with Crippen LogP contribution in [0.1, 0.15) is 12.6 Å². The average Bonchev–Trinajstić information content (AvgIpc) is 2.47. The second kappa shape index (κ2) is 3.67. The van der Waals surface area contributed by atoms with E-state index in [0.29, 0.717) is 0 Å². The van der Waals surface area contributed by atoms with Crippen LogP contribution in [0.2, 0.25) is 0 Å². The van der Waals surface area contributed by atoms with Gasteiger partial charge in [0.05, 0.1) is 5.75 Å². The third-order valence-corrected chi connectivity index (χ3v) is 2.65. The highest BCUT2D eigenvalue weighted by Crippen LogP contribution is 2.13. The van der Waals surface area contributed by atoms with Crippen LogP contribution in [0.5, 0.6) is 5.88 Å². The molecule has 0 aliphatic rings. The van der Waals surface area contributed by atoms with Crippen LogP contribution in [-0.4, -0.2) is 24.0 Å². The Kier molecular flexibility index (Phi) is 2.76. The Labute approximate surface area is 81.8 Å². The molecule has 0 bridgehead atoms. The first-order chi connectivity index (χ1) is 6.48. The Morgan fingerprint density at radius 2 is 2.36 bits per heavy atom. The van der Waals surface area contributed by atoms with Gasteiger partial charge in [-0.25, -0.2) is 4.68 Å². The van der Waals surface area contributed by atoms with Crippen molar-refractivity contribution in [3.63, 3.8) is 0 Å². The zero-order valence-corrected chi connectivity index (χ0v) is 8.58. The Morgan fingerprint density at radius 3 is 2.79 bits per heavy atom. The highest BCUT2D eigenvalue weighted by atomic mass is 32.2. The first-order valence-corrected chi connectivity index (χ1v) is 5.42. The number of aromatic nitrogens is 2. The summed E-state index contributed by atoms with van der Waals surface area (Å²) in [5, 5.41) is 12.2. The summed E-state index contributed by atoms with van der Waals surface area (Å²) in [7, 11) is -2.06. The average molecular weight is 215 g/mol. The first kappa shape index (κ1) is 10.5. The molecule has 0 saturated heterocycles. The monoisotopic (exact) mass is 215 g/mol. The van der Waals surface area contributed by atoms with Crippen LogP contribution in [-0.2, 0) is 17.2 Å². The summed E-state index contributed by atoms with van der Waals surface area (Å²) in [4.78, 5) is 0. The molecule has 14 heavy (non-hydrogen) atoms. The van der Waals surface area contributed by atoms with Gasteiger partial charge < -0.3 is 4.18 Å². The number of nitriles is 1. The molecule has 0 fully saturated rings. The van der Waals surface area contributed by atoms with Gasteiger partial charge in [0.2, 0.25) is 5.88 Å². The lowest BCUT2D eigenvalue weighted by atomic mass is 10.5. The first-order valence-electron chi connectivity index (χ1n) is 3.85. The van der Waals surface area contributed by atoms with E-state index < -0.39 is 10.1 Å². The summed E-state index contributed by atoms with van der Waals surface area (Å²) < 4.78 is 28.0. The smallest absolute Gasteiger partial charge is 0.310 e. The topological polar surface area (TPSA) is 85.0 Å². The van der Waals surface area contributed by atoms with Crippen molar-refractivity contribution in [2.45, 2.75) is 6.92 Å². The minimum atomic E-state index is -3.56. The molecule has 1 rings (SSSR count). The van der Waals surface area contributed by atoms with E-state index in [-0.39, 0.29) is 17.3 Å². The molecule has 6 nitrogen and oxygen atoms in total. The lowest BCUT2D eigenvalue weighted by molar-refractivity contribution is 0.456. The van der Waals surface area contributed by atoms with Crippen LogP contribution in [0.25, 0.3) is 0 Å². The van der Waals surface area contributed by atoms with Crippen LogP contribution in [0.4, 0.5) is 0 Å². The van der Waals surface area contributed by atoms with Gasteiger partial charge in [-0.1, -0.05) is 0 Å². The molecule has 1 aromatic rings. The second-order valence-corrected chi connectivity index (χ2v) is 4.39. The maximum Gasteiger partial charge on any atom is 0.310 e. The molecule has 0 amide bonds. The molecular formula is C7H9N3O3S. The quantitative estimate of drug-likeness (QED) is 0.663. The lowest BCUT2D eigenvalue weighted by Gasteiger charge is -2.03. The minimum absolute atomic E-state index is 0.0448. The Balaban J connectivity index is 2.99. The molecule has 76 valence electrons. The van der Waals surface area contributed by atoms with Crippen molar-refractivity contribution in [3.05, 3.63) is 11.8 Å². The maximum atomic E-state index is 11.1. The van der Waals surface area contributed by atoms with Gasteiger partial charge in [0.1, 0.15) is 6.07 Å². The summed E-state index contributed by atoms with van der Waals surface area (Å²) in [6, 6.07) is 3.06. The minimum Gasteiger partial charge on any atom is -0.362 e. The fraction of sp³-hybridized carbons (Fsp3) is 0.429. The fourth-order valence-corrected chi connectivity index (χ4v) is 1.31. The predicted octanol–water partition coefficient (Wildman–Crippen LogP) is 0.0203. The summed E-state index contributed by atoms with van der Waals surface area (Å²) in [5.41, 5.74) is 0.119. The molecule has 0 N–H and O–H groups in total. The summed E-state index contributed by atoms with van der Waals surface area (Å²) in [6.07, 6.45) is 0. The molecular weight excluding hydrogens is 206 g/mol. The SMILES string of the molecule is CCS(=O)(=O)Oc1cc(C#N)nn1C. The third-order valence-electron chi connectivity index (χ3n) is 1.52. The van der Waals surface area contributed by atoms with Crippen LogP contribution in [0.15, 0.2) is 6.07 Å². The fourth-order valence-electron chi connectivity index (χ4n) is 0.772. The Hall–Kier alpha value is -1.55. The van der Waals surface area contributed by atoms with Crippen molar-refractivity contribution in [2.75, 3.05) is 5.75 Å². The van der Waals surface area contributed by atoms with Crippen LogP contribution < -0.4 is 4.18 Å². The number of hydrogen-bond acceptors (Lipinski definition) is 5. The van der Waals surface area contributed by atoms with Gasteiger partial charge >= 0.3 is 10.1 Å². The Bertz CT molecular complexity index is 469. The molecule has 7 heteroatoms. The number of aryl methyl sites for hydroxylation is 1. The summed E-state index contributed by atoms with van der Waals surface area (Å²) in [6.45, 7) is 1.47. The van der Waals surface area contributed by atoms with Crippen LogP contribution in [0, 0.1) is 11.3 Å². The zero-order valence-electron chi connectivity index (χ0n) is 7.76. The van der Waals surface area contributed by atoms with E-state index in [1.807, 2.05) is 0 Å². The summed E-state index contributed by atoms with van der Waals surface area (Å²) in [5.74, 6) is -0.0801. The second-order valence-electron chi connectivity index (χ2n) is 2.53. The van der Waals surface area contributed by atoms with Gasteiger partial charge in [-0.2, -0.15) is 18.8 Å². The van der Waals surface area contributed by atoms with Crippen molar-refractivity contribution < 1.29 is 12.6 Å². The van der Waals surface area contributed by atoms with Crippen molar-refractivity contribution in [3.8, 4) is 11.9 Å². The Morgan fingerprint density at radius 1 is 1.71 bits per heavy atom. The van der Waals surface area contributed by atoms with Crippen molar-refractivity contribution in [2.24, 2.45) is 7.05 Å². The molecule has 0 atom stereocenters. The van der Waals surface area contributed by atoms with Gasteiger partial charge in [-0.15, -0.1) is 0 Å². The predicted molar refractivity (Wildman–Crippen MR) is 48.0 cm³/mol. The molecule has 0 unspecified atom stereocenters. The van der Waals surface area contributed by atoms with E-state index >= 15 is 0 Å². The van der Waals surface area contributed by atoms with E-state index in [1.54, 1.807) is 6.07 Å². The molecule has 0 saturated carbocycles. The van der Waals surface area contributed by atoms with Gasteiger partial charge in [-0.3, -0.25) is 0 Å². The molecule has 0 aliphatic heterocycles. The van der Waals surface area contributed by atoms with Crippen molar-refractivity contribution in [1.82, 2.24) is 9.78 Å².